The Kier molecular flexibility index (Phi) is 7.12. The van der Waals surface area contributed by atoms with Crippen molar-refractivity contribution in [3.8, 4) is 0 Å². The van der Waals surface area contributed by atoms with Crippen LogP contribution in [0.4, 0.5) is 5.82 Å². The van der Waals surface area contributed by atoms with Crippen LogP contribution in [0.3, 0.4) is 0 Å². The molecular weight excluding hydrogens is 274 g/mol. The Labute approximate surface area is 115 Å². The summed E-state index contributed by atoms with van der Waals surface area (Å²) in [5.74, 6) is -0.120. The van der Waals surface area contributed by atoms with Crippen molar-refractivity contribution in [1.29, 1.82) is 10.8 Å². The van der Waals surface area contributed by atoms with E-state index in [1.54, 1.807) is 0 Å². The molecule has 5 N–H and O–H groups in total. The second-order valence-electron chi connectivity index (χ2n) is 3.43. The number of hydrogen-bond acceptors (Lipinski definition) is 6. The van der Waals surface area contributed by atoms with Crippen LogP contribution in [-0.2, 0) is 9.53 Å². The summed E-state index contributed by atoms with van der Waals surface area (Å²) >= 11 is 0. The van der Waals surface area contributed by atoms with E-state index in [2.05, 4.69) is 20.3 Å². The zero-order valence-corrected chi connectivity index (χ0v) is 11.2. The second kappa shape index (κ2) is 8.03. The van der Waals surface area contributed by atoms with Crippen molar-refractivity contribution in [2.45, 2.75) is 19.3 Å². The lowest BCUT2D eigenvalue weighted by atomic mass is 10.2. The lowest BCUT2D eigenvalue weighted by molar-refractivity contribution is -0.140. The van der Waals surface area contributed by atoms with E-state index in [4.69, 9.17) is 16.6 Å². The fraction of sp³-hybridized carbons (Fsp3) is 0.444. The summed E-state index contributed by atoms with van der Waals surface area (Å²) in [6, 6.07) is 0. The van der Waals surface area contributed by atoms with Crippen molar-refractivity contribution < 1.29 is 9.53 Å². The average Bonchev–Trinajstić information content (AvgIpc) is 2.76. The van der Waals surface area contributed by atoms with Gasteiger partial charge < -0.3 is 15.8 Å². The number of anilines is 1. The van der Waals surface area contributed by atoms with Gasteiger partial charge in [-0.1, -0.05) is 0 Å². The fourth-order valence-electron chi connectivity index (χ4n) is 1.19. The van der Waals surface area contributed by atoms with E-state index < -0.39 is 0 Å². The SMILES string of the molecule is COC(=O)CCCC(=N)n1ncc(NC(=N)N)n1.Cl. The summed E-state index contributed by atoms with van der Waals surface area (Å²) in [5.41, 5.74) is 5.13. The van der Waals surface area contributed by atoms with Crippen LogP contribution in [0.2, 0.25) is 0 Å². The van der Waals surface area contributed by atoms with Crippen LogP contribution in [0.25, 0.3) is 0 Å². The maximum atomic E-state index is 10.9. The predicted octanol–water partition coefficient (Wildman–Crippen LogP) is 0.174. The van der Waals surface area contributed by atoms with E-state index in [1.807, 2.05) is 0 Å². The number of carbonyl (C=O) groups excluding carboxylic acids is 1. The number of methoxy groups -OCH3 is 1. The molecule has 0 saturated heterocycles. The first-order chi connectivity index (χ1) is 8.52. The van der Waals surface area contributed by atoms with Gasteiger partial charge in [0.25, 0.3) is 0 Å². The zero-order valence-electron chi connectivity index (χ0n) is 10.3. The maximum Gasteiger partial charge on any atom is 0.305 e. The first-order valence-corrected chi connectivity index (χ1v) is 5.21. The Morgan fingerprint density at radius 1 is 1.53 bits per heavy atom. The number of hydrogen-bond donors (Lipinski definition) is 4. The zero-order chi connectivity index (χ0) is 13.5. The van der Waals surface area contributed by atoms with E-state index in [1.165, 1.54) is 13.3 Å². The number of guanidine groups is 1. The Morgan fingerprint density at radius 2 is 2.21 bits per heavy atom. The van der Waals surface area contributed by atoms with Crippen molar-refractivity contribution in [2.24, 2.45) is 5.73 Å². The highest BCUT2D eigenvalue weighted by Gasteiger charge is 2.07. The van der Waals surface area contributed by atoms with E-state index >= 15 is 0 Å². The van der Waals surface area contributed by atoms with Crippen LogP contribution in [0.5, 0.6) is 0 Å². The van der Waals surface area contributed by atoms with Gasteiger partial charge in [0, 0.05) is 12.8 Å². The number of nitrogens with zero attached hydrogens (tertiary/aromatic N) is 3. The minimum Gasteiger partial charge on any atom is -0.469 e. The fourth-order valence-corrected chi connectivity index (χ4v) is 1.19. The van der Waals surface area contributed by atoms with Crippen molar-refractivity contribution in [3.63, 3.8) is 0 Å². The largest absolute Gasteiger partial charge is 0.469 e. The highest BCUT2D eigenvalue weighted by atomic mass is 35.5. The lowest BCUT2D eigenvalue weighted by Crippen LogP contribution is -2.21. The third-order valence-electron chi connectivity index (χ3n) is 2.02. The monoisotopic (exact) mass is 289 g/mol. The number of nitrogens with one attached hydrogen (secondary N) is 3. The molecular formula is C9H16ClN7O2. The molecule has 1 aromatic heterocycles. The second-order valence-corrected chi connectivity index (χ2v) is 3.43. The molecule has 0 fully saturated rings. The van der Waals surface area contributed by atoms with Crippen LogP contribution in [0.15, 0.2) is 6.20 Å². The Bertz CT molecular complexity index is 459. The maximum absolute atomic E-state index is 10.9. The Balaban J connectivity index is 0.00000324. The molecule has 0 aliphatic rings. The number of ether oxygens (including phenoxy) is 1. The van der Waals surface area contributed by atoms with E-state index in [9.17, 15) is 4.79 Å². The molecule has 0 aliphatic heterocycles. The molecule has 0 aliphatic carbocycles. The number of esters is 1. The average molecular weight is 290 g/mol. The summed E-state index contributed by atoms with van der Waals surface area (Å²) < 4.78 is 4.49. The van der Waals surface area contributed by atoms with Gasteiger partial charge in [-0.2, -0.15) is 5.10 Å². The minimum atomic E-state index is -0.310. The molecule has 9 nitrogen and oxygen atoms in total. The Morgan fingerprint density at radius 3 is 2.79 bits per heavy atom. The molecule has 0 spiro atoms. The third kappa shape index (κ3) is 5.82. The van der Waals surface area contributed by atoms with Crippen LogP contribution in [0.1, 0.15) is 19.3 Å². The van der Waals surface area contributed by atoms with Crippen molar-refractivity contribution >= 4 is 36.0 Å². The molecule has 1 heterocycles. The number of nitrogens with two attached hydrogens (primary N) is 1. The van der Waals surface area contributed by atoms with Crippen LogP contribution in [-0.4, -0.2) is 39.9 Å². The molecule has 0 saturated carbocycles. The topological polar surface area (TPSA) is 143 Å². The molecule has 0 aromatic carbocycles. The standard InChI is InChI=1S/C9H15N7O2.ClH/c1-18-8(17)4-2-3-6(10)16-13-5-7(15-16)14-9(11)12;/h5,10H,2-4H2,1H3,(H4,11,12,14,15);1H. The normalized spacial score (nSPS) is 9.32. The molecule has 10 heteroatoms. The third-order valence-corrected chi connectivity index (χ3v) is 2.02. The van der Waals surface area contributed by atoms with Crippen LogP contribution >= 0.6 is 12.4 Å². The van der Waals surface area contributed by atoms with Gasteiger partial charge >= 0.3 is 5.97 Å². The van der Waals surface area contributed by atoms with Crippen molar-refractivity contribution in [2.75, 3.05) is 12.4 Å². The minimum absolute atomic E-state index is 0. The number of carbonyl (C=O) groups is 1. The van der Waals surface area contributed by atoms with Gasteiger partial charge in [-0.25, -0.2) is 0 Å². The van der Waals surface area contributed by atoms with Gasteiger partial charge in [0.1, 0.15) is 5.84 Å². The van der Waals surface area contributed by atoms with E-state index in [0.29, 0.717) is 18.7 Å². The molecule has 19 heavy (non-hydrogen) atoms. The highest BCUT2D eigenvalue weighted by Crippen LogP contribution is 2.02. The van der Waals surface area contributed by atoms with Gasteiger partial charge in [-0.05, 0) is 6.42 Å². The summed E-state index contributed by atoms with van der Waals surface area (Å²) in [5, 5.41) is 24.9. The lowest BCUT2D eigenvalue weighted by Gasteiger charge is -2.02. The summed E-state index contributed by atoms with van der Waals surface area (Å²) in [6.07, 6.45) is 2.45. The number of halogens is 1. The Hall–Kier alpha value is -2.16. The smallest absolute Gasteiger partial charge is 0.305 e. The van der Waals surface area contributed by atoms with Gasteiger partial charge in [0.15, 0.2) is 11.8 Å². The predicted molar refractivity (Wildman–Crippen MR) is 71.8 cm³/mol. The van der Waals surface area contributed by atoms with Crippen LogP contribution in [0, 0.1) is 10.8 Å². The van der Waals surface area contributed by atoms with E-state index in [-0.39, 0.29) is 36.6 Å². The molecule has 0 unspecified atom stereocenters. The highest BCUT2D eigenvalue weighted by molar-refractivity contribution is 5.88. The van der Waals surface area contributed by atoms with E-state index in [0.717, 1.165) is 4.80 Å². The summed E-state index contributed by atoms with van der Waals surface area (Å²) in [4.78, 5) is 12.0. The van der Waals surface area contributed by atoms with Gasteiger partial charge in [0.2, 0.25) is 0 Å². The first kappa shape index (κ1) is 16.8. The quantitative estimate of drug-likeness (QED) is 0.346. The molecule has 0 radical (unpaired) electrons. The molecule has 1 rings (SSSR count). The number of rotatable bonds is 5. The summed E-state index contributed by atoms with van der Waals surface area (Å²) in [7, 11) is 1.32. The molecule has 106 valence electrons. The first-order valence-electron chi connectivity index (χ1n) is 5.21. The van der Waals surface area contributed by atoms with Crippen LogP contribution < -0.4 is 11.1 Å². The molecule has 0 bridgehead atoms. The van der Waals surface area contributed by atoms with Crippen molar-refractivity contribution in [3.05, 3.63) is 6.20 Å². The molecule has 1 aromatic rings. The van der Waals surface area contributed by atoms with Gasteiger partial charge in [-0.3, -0.25) is 15.6 Å². The van der Waals surface area contributed by atoms with Gasteiger partial charge in [-0.15, -0.1) is 22.3 Å². The summed E-state index contributed by atoms with van der Waals surface area (Å²) in [6.45, 7) is 0. The number of aromatic nitrogens is 3. The molecule has 0 amide bonds. The molecule has 0 atom stereocenters. The van der Waals surface area contributed by atoms with Gasteiger partial charge in [0.05, 0.1) is 13.3 Å². The van der Waals surface area contributed by atoms with Crippen molar-refractivity contribution in [1.82, 2.24) is 15.0 Å².